The van der Waals surface area contributed by atoms with Gasteiger partial charge in [0.05, 0.1) is 24.0 Å². The number of anilines is 2. The maximum absolute atomic E-state index is 13.3. The second-order valence-electron chi connectivity index (χ2n) is 8.34. The molecule has 0 aliphatic carbocycles. The summed E-state index contributed by atoms with van der Waals surface area (Å²) in [5.41, 5.74) is 5.53. The van der Waals surface area contributed by atoms with E-state index >= 15 is 0 Å². The lowest BCUT2D eigenvalue weighted by Crippen LogP contribution is -2.44. The van der Waals surface area contributed by atoms with Gasteiger partial charge >= 0.3 is 5.69 Å². The van der Waals surface area contributed by atoms with Gasteiger partial charge in [0.1, 0.15) is 5.82 Å². The minimum Gasteiger partial charge on any atom is -0.383 e. The summed E-state index contributed by atoms with van der Waals surface area (Å²) >= 11 is 0. The first-order chi connectivity index (χ1) is 14.6. The van der Waals surface area contributed by atoms with E-state index in [1.165, 1.54) is 9.47 Å². The number of nitrogens with one attached hydrogen (secondary N) is 1. The van der Waals surface area contributed by atoms with E-state index in [-0.39, 0.29) is 48.4 Å². The Morgan fingerprint density at radius 3 is 2.52 bits per heavy atom. The largest absolute Gasteiger partial charge is 0.383 e. The average molecular weight is 449 g/mol. The Hall–Kier alpha value is -2.88. The number of carbonyl (C=O) groups excluding carboxylic acids is 1. The highest BCUT2D eigenvalue weighted by molar-refractivity contribution is 7.91. The summed E-state index contributed by atoms with van der Waals surface area (Å²) in [6, 6.07) is 9.13. The zero-order valence-corrected chi connectivity index (χ0v) is 18.5. The fourth-order valence-electron chi connectivity index (χ4n) is 3.69. The molecule has 0 spiro atoms. The number of H-pyrrole nitrogens is 1. The van der Waals surface area contributed by atoms with E-state index < -0.39 is 32.9 Å². The van der Waals surface area contributed by atoms with E-state index in [0.717, 1.165) is 5.56 Å². The Morgan fingerprint density at radius 1 is 1.26 bits per heavy atom. The van der Waals surface area contributed by atoms with Crippen LogP contribution in [0.25, 0.3) is 0 Å². The number of aromatic amines is 1. The molecule has 2 aromatic rings. The number of amides is 1. The molecule has 1 saturated heterocycles. The SMILES string of the molecule is CC(C)CCN(C(=O)C1CCS(=O)(=O)C1)c1c(N)n(Cc2ccccc2)c(=O)[nH]c1=O. The zero-order chi connectivity index (χ0) is 22.8. The molecule has 9 nitrogen and oxygen atoms in total. The smallest absolute Gasteiger partial charge is 0.330 e. The van der Waals surface area contributed by atoms with E-state index in [4.69, 9.17) is 5.73 Å². The lowest BCUT2D eigenvalue weighted by molar-refractivity contribution is -0.121. The summed E-state index contributed by atoms with van der Waals surface area (Å²) in [7, 11) is -3.28. The average Bonchev–Trinajstić information content (AvgIpc) is 3.07. The van der Waals surface area contributed by atoms with E-state index in [1.807, 2.05) is 44.2 Å². The number of aromatic nitrogens is 2. The normalized spacial score (nSPS) is 17.7. The third-order valence-electron chi connectivity index (χ3n) is 5.45. The fourth-order valence-corrected chi connectivity index (χ4v) is 5.42. The fraction of sp³-hybridized carbons (Fsp3) is 0.476. The molecule has 31 heavy (non-hydrogen) atoms. The van der Waals surface area contributed by atoms with Crippen molar-refractivity contribution in [1.82, 2.24) is 9.55 Å². The number of hydrogen-bond donors (Lipinski definition) is 2. The van der Waals surface area contributed by atoms with E-state index in [1.54, 1.807) is 0 Å². The van der Waals surface area contributed by atoms with Crippen LogP contribution in [0.3, 0.4) is 0 Å². The summed E-state index contributed by atoms with van der Waals surface area (Å²) in [4.78, 5) is 42.0. The molecule has 1 unspecified atom stereocenters. The van der Waals surface area contributed by atoms with Gasteiger partial charge in [0.25, 0.3) is 5.56 Å². The number of carbonyl (C=O) groups is 1. The number of benzene rings is 1. The minimum atomic E-state index is -3.28. The molecule has 1 aromatic carbocycles. The third kappa shape index (κ3) is 5.25. The van der Waals surface area contributed by atoms with Crippen LogP contribution in [-0.2, 0) is 21.2 Å². The Labute approximate surface area is 180 Å². The van der Waals surface area contributed by atoms with Crippen LogP contribution in [0.1, 0.15) is 32.3 Å². The van der Waals surface area contributed by atoms with Crippen molar-refractivity contribution in [2.75, 3.05) is 28.7 Å². The van der Waals surface area contributed by atoms with Gasteiger partial charge in [-0.3, -0.25) is 19.1 Å². The van der Waals surface area contributed by atoms with Gasteiger partial charge < -0.3 is 10.6 Å². The molecule has 1 aromatic heterocycles. The van der Waals surface area contributed by atoms with Crippen LogP contribution < -0.4 is 21.9 Å². The standard InChI is InChI=1S/C21H28N4O5S/c1-14(2)8-10-24(20(27)16-9-11-31(29,30)13-16)17-18(22)25(21(28)23-19(17)26)12-15-6-4-3-5-7-15/h3-7,14,16H,8-13,22H2,1-2H3,(H,23,26,28). The van der Waals surface area contributed by atoms with Crippen molar-refractivity contribution in [3.05, 3.63) is 56.7 Å². The number of rotatable bonds is 7. The molecule has 1 aliphatic heterocycles. The third-order valence-corrected chi connectivity index (χ3v) is 7.21. The number of hydrogen-bond acceptors (Lipinski definition) is 6. The molecule has 3 rings (SSSR count). The second kappa shape index (κ2) is 9.09. The number of nitrogens with two attached hydrogens (primary N) is 1. The lowest BCUT2D eigenvalue weighted by atomic mass is 10.1. The predicted molar refractivity (Wildman–Crippen MR) is 120 cm³/mol. The van der Waals surface area contributed by atoms with Crippen molar-refractivity contribution >= 4 is 27.2 Å². The van der Waals surface area contributed by atoms with Crippen LogP contribution in [0.15, 0.2) is 39.9 Å². The van der Waals surface area contributed by atoms with Crippen LogP contribution in [0, 0.1) is 11.8 Å². The topological polar surface area (TPSA) is 135 Å². The molecule has 1 amide bonds. The van der Waals surface area contributed by atoms with Crippen molar-refractivity contribution < 1.29 is 13.2 Å². The minimum absolute atomic E-state index is 0.0548. The summed E-state index contributed by atoms with van der Waals surface area (Å²) < 4.78 is 25.0. The van der Waals surface area contributed by atoms with Crippen molar-refractivity contribution in [2.45, 2.75) is 33.2 Å². The highest BCUT2D eigenvalue weighted by atomic mass is 32.2. The molecular weight excluding hydrogens is 420 g/mol. The van der Waals surface area contributed by atoms with Gasteiger partial charge in [-0.1, -0.05) is 44.2 Å². The van der Waals surface area contributed by atoms with Crippen molar-refractivity contribution in [1.29, 1.82) is 0 Å². The van der Waals surface area contributed by atoms with Crippen LogP contribution in [0.5, 0.6) is 0 Å². The molecule has 1 atom stereocenters. The quantitative estimate of drug-likeness (QED) is 0.648. The molecule has 1 fully saturated rings. The van der Waals surface area contributed by atoms with Gasteiger partial charge in [0.15, 0.2) is 15.5 Å². The first kappa shape index (κ1) is 22.8. The van der Waals surface area contributed by atoms with Crippen LogP contribution in [0.2, 0.25) is 0 Å². The van der Waals surface area contributed by atoms with Crippen molar-refractivity contribution in [3.8, 4) is 0 Å². The van der Waals surface area contributed by atoms with Crippen LogP contribution in [-0.4, -0.2) is 41.9 Å². The van der Waals surface area contributed by atoms with Crippen LogP contribution >= 0.6 is 0 Å². The van der Waals surface area contributed by atoms with E-state index in [9.17, 15) is 22.8 Å². The molecule has 0 bridgehead atoms. The van der Waals surface area contributed by atoms with Crippen molar-refractivity contribution in [3.63, 3.8) is 0 Å². The molecule has 10 heteroatoms. The first-order valence-corrected chi connectivity index (χ1v) is 12.1. The number of nitrogen functional groups attached to an aromatic ring is 1. The summed E-state index contributed by atoms with van der Waals surface area (Å²) in [6.07, 6.45) is 0.794. The number of nitrogens with zero attached hydrogens (tertiary/aromatic N) is 2. The summed E-state index contributed by atoms with van der Waals surface area (Å²) in [6.45, 7) is 4.28. The summed E-state index contributed by atoms with van der Waals surface area (Å²) in [5.74, 6) is -1.37. The van der Waals surface area contributed by atoms with Gasteiger partial charge in [-0.15, -0.1) is 0 Å². The highest BCUT2D eigenvalue weighted by Crippen LogP contribution is 2.26. The second-order valence-corrected chi connectivity index (χ2v) is 10.6. The molecular formula is C21H28N4O5S. The molecule has 168 valence electrons. The van der Waals surface area contributed by atoms with Crippen molar-refractivity contribution in [2.24, 2.45) is 11.8 Å². The monoisotopic (exact) mass is 448 g/mol. The molecule has 0 radical (unpaired) electrons. The number of sulfone groups is 1. The van der Waals surface area contributed by atoms with E-state index in [2.05, 4.69) is 4.98 Å². The Morgan fingerprint density at radius 2 is 1.94 bits per heavy atom. The zero-order valence-electron chi connectivity index (χ0n) is 17.7. The van der Waals surface area contributed by atoms with Gasteiger partial charge in [-0.05, 0) is 24.3 Å². The first-order valence-electron chi connectivity index (χ1n) is 10.3. The molecule has 0 saturated carbocycles. The molecule has 1 aliphatic rings. The Balaban J connectivity index is 2.05. The highest BCUT2D eigenvalue weighted by Gasteiger charge is 2.37. The van der Waals surface area contributed by atoms with Gasteiger partial charge in [-0.25, -0.2) is 13.2 Å². The summed E-state index contributed by atoms with van der Waals surface area (Å²) in [5, 5.41) is 0. The maximum atomic E-state index is 13.3. The Bertz CT molecular complexity index is 1170. The maximum Gasteiger partial charge on any atom is 0.330 e. The van der Waals surface area contributed by atoms with Gasteiger partial charge in [0.2, 0.25) is 5.91 Å². The van der Waals surface area contributed by atoms with Gasteiger partial charge in [0, 0.05) is 6.54 Å². The Kier molecular flexibility index (Phi) is 6.68. The van der Waals surface area contributed by atoms with E-state index in [0.29, 0.717) is 6.42 Å². The lowest BCUT2D eigenvalue weighted by Gasteiger charge is -2.27. The molecule has 2 heterocycles. The van der Waals surface area contributed by atoms with Crippen LogP contribution in [0.4, 0.5) is 11.5 Å². The predicted octanol–water partition coefficient (Wildman–Crippen LogP) is 0.981. The van der Waals surface area contributed by atoms with Gasteiger partial charge in [-0.2, -0.15) is 0 Å². The molecule has 3 N–H and O–H groups in total.